The predicted octanol–water partition coefficient (Wildman–Crippen LogP) is 1.06. The van der Waals surface area contributed by atoms with Crippen molar-refractivity contribution in [1.29, 1.82) is 0 Å². The summed E-state index contributed by atoms with van der Waals surface area (Å²) in [6, 6.07) is 0. The molecule has 0 saturated heterocycles. The summed E-state index contributed by atoms with van der Waals surface area (Å²) in [5, 5.41) is 0. The second-order valence-corrected chi connectivity index (χ2v) is 2.40. The minimum atomic E-state index is -0.647. The second-order valence-electron chi connectivity index (χ2n) is 2.40. The molecule has 0 aromatic heterocycles. The van der Waals surface area contributed by atoms with Gasteiger partial charge in [0.15, 0.2) is 5.78 Å². The molecule has 0 saturated carbocycles. The van der Waals surface area contributed by atoms with Crippen LogP contribution in [0.5, 0.6) is 0 Å². The molecule has 13 heavy (non-hydrogen) atoms. The number of carbonyl (C=O) groups excluding carboxylic acids is 2. The molecule has 0 aromatic carbocycles. The van der Waals surface area contributed by atoms with Gasteiger partial charge in [0.25, 0.3) is 0 Å². The predicted molar refractivity (Wildman–Crippen MR) is 47.0 cm³/mol. The Morgan fingerprint density at radius 1 is 1.15 bits per heavy atom. The minimum Gasteiger partial charge on any atom is -0.500 e. The Balaban J connectivity index is 4.97. The van der Waals surface area contributed by atoms with Crippen molar-refractivity contribution >= 4 is 11.8 Å². The van der Waals surface area contributed by atoms with Crippen molar-refractivity contribution in [3.8, 4) is 0 Å². The quantitative estimate of drug-likeness (QED) is 0.216. The van der Waals surface area contributed by atoms with E-state index in [-0.39, 0.29) is 17.8 Å². The van der Waals surface area contributed by atoms with Gasteiger partial charge >= 0.3 is 5.97 Å². The van der Waals surface area contributed by atoms with Crippen LogP contribution in [-0.2, 0) is 19.1 Å². The third-order valence-electron chi connectivity index (χ3n) is 1.65. The fourth-order valence-electron chi connectivity index (χ4n) is 0.835. The average molecular weight is 186 g/mol. The number of hydrogen-bond acceptors (Lipinski definition) is 4. The maximum absolute atomic E-state index is 11.3. The zero-order valence-electron chi connectivity index (χ0n) is 8.34. The number of ether oxygens (including phenoxy) is 2. The summed E-state index contributed by atoms with van der Waals surface area (Å²) in [5.41, 5.74) is -0.00694. The lowest BCUT2D eigenvalue weighted by Crippen LogP contribution is -2.16. The summed E-state index contributed by atoms with van der Waals surface area (Å²) < 4.78 is 9.28. The van der Waals surface area contributed by atoms with E-state index in [1.165, 1.54) is 14.2 Å². The number of ketones is 1. The molecule has 0 atom stereocenters. The molecule has 0 unspecified atom stereocenters. The van der Waals surface area contributed by atoms with E-state index in [9.17, 15) is 9.59 Å². The number of esters is 1. The summed E-state index contributed by atoms with van der Waals surface area (Å²) in [4.78, 5) is 22.4. The Bertz CT molecular complexity index is 222. The summed E-state index contributed by atoms with van der Waals surface area (Å²) >= 11 is 0. The molecule has 0 aromatic rings. The van der Waals surface area contributed by atoms with E-state index >= 15 is 0 Å². The van der Waals surface area contributed by atoms with Crippen LogP contribution in [0, 0.1) is 0 Å². The smallest absolute Gasteiger partial charge is 0.344 e. The monoisotopic (exact) mass is 186 g/mol. The van der Waals surface area contributed by atoms with Gasteiger partial charge in [0.1, 0.15) is 11.3 Å². The second kappa shape index (κ2) is 5.35. The van der Waals surface area contributed by atoms with Crippen molar-refractivity contribution < 1.29 is 19.1 Å². The van der Waals surface area contributed by atoms with Crippen LogP contribution in [0.2, 0.25) is 0 Å². The van der Waals surface area contributed by atoms with Crippen LogP contribution < -0.4 is 0 Å². The minimum absolute atomic E-state index is 0.00694. The highest BCUT2D eigenvalue weighted by Crippen LogP contribution is 2.09. The average Bonchev–Trinajstić information content (AvgIpc) is 2.16. The van der Waals surface area contributed by atoms with Gasteiger partial charge in [-0.15, -0.1) is 0 Å². The standard InChI is InChI=1S/C9H14O4/c1-5-7(10)8(6(2)12-3)9(11)13-4/h5H2,1-4H3/b8-6+. The van der Waals surface area contributed by atoms with Gasteiger partial charge in [-0.25, -0.2) is 4.79 Å². The summed E-state index contributed by atoms with van der Waals surface area (Å²) in [5.74, 6) is -0.629. The lowest BCUT2D eigenvalue weighted by molar-refractivity contribution is -0.138. The molecule has 0 fully saturated rings. The number of hydrogen-bond donors (Lipinski definition) is 0. The molecule has 0 bridgehead atoms. The molecule has 4 heteroatoms. The molecule has 4 nitrogen and oxygen atoms in total. The third kappa shape index (κ3) is 2.89. The first kappa shape index (κ1) is 11.7. The van der Waals surface area contributed by atoms with Crippen LogP contribution >= 0.6 is 0 Å². The van der Waals surface area contributed by atoms with Gasteiger partial charge in [-0.3, -0.25) is 4.79 Å². The highest BCUT2D eigenvalue weighted by molar-refractivity contribution is 6.17. The topological polar surface area (TPSA) is 52.6 Å². The fourth-order valence-corrected chi connectivity index (χ4v) is 0.835. The Morgan fingerprint density at radius 2 is 1.69 bits per heavy atom. The maximum Gasteiger partial charge on any atom is 0.344 e. The molecular weight excluding hydrogens is 172 g/mol. The summed E-state index contributed by atoms with van der Waals surface area (Å²) in [6.07, 6.45) is 0.255. The molecule has 0 spiro atoms. The molecule has 74 valence electrons. The fraction of sp³-hybridized carbons (Fsp3) is 0.556. The number of rotatable bonds is 4. The van der Waals surface area contributed by atoms with Gasteiger partial charge < -0.3 is 9.47 Å². The Morgan fingerprint density at radius 3 is 2.00 bits per heavy atom. The molecular formula is C9H14O4. The molecule has 0 heterocycles. The van der Waals surface area contributed by atoms with Crippen molar-refractivity contribution in [3.05, 3.63) is 11.3 Å². The van der Waals surface area contributed by atoms with E-state index < -0.39 is 5.97 Å². The van der Waals surface area contributed by atoms with Crippen molar-refractivity contribution in [2.75, 3.05) is 14.2 Å². The number of carbonyl (C=O) groups is 2. The molecule has 0 rings (SSSR count). The van der Waals surface area contributed by atoms with Gasteiger partial charge in [0, 0.05) is 6.42 Å². The van der Waals surface area contributed by atoms with E-state index in [1.807, 2.05) is 0 Å². The van der Waals surface area contributed by atoms with Crippen molar-refractivity contribution in [1.82, 2.24) is 0 Å². The van der Waals surface area contributed by atoms with Gasteiger partial charge in [-0.1, -0.05) is 6.92 Å². The van der Waals surface area contributed by atoms with Crippen molar-refractivity contribution in [2.45, 2.75) is 20.3 Å². The first-order valence-corrected chi connectivity index (χ1v) is 3.94. The zero-order valence-corrected chi connectivity index (χ0v) is 8.34. The van der Waals surface area contributed by atoms with E-state index in [1.54, 1.807) is 13.8 Å². The van der Waals surface area contributed by atoms with Crippen LogP contribution in [0.1, 0.15) is 20.3 Å². The Kier molecular flexibility index (Phi) is 4.80. The van der Waals surface area contributed by atoms with Crippen LogP contribution in [0.4, 0.5) is 0 Å². The first-order chi connectivity index (χ1) is 6.08. The van der Waals surface area contributed by atoms with E-state index in [2.05, 4.69) is 4.74 Å². The number of methoxy groups -OCH3 is 2. The molecule has 0 aliphatic carbocycles. The summed E-state index contributed by atoms with van der Waals surface area (Å²) in [6.45, 7) is 3.23. The van der Waals surface area contributed by atoms with Crippen molar-refractivity contribution in [3.63, 3.8) is 0 Å². The molecule has 0 aliphatic rings. The normalized spacial score (nSPS) is 11.7. The van der Waals surface area contributed by atoms with Gasteiger partial charge in [0.2, 0.25) is 0 Å². The third-order valence-corrected chi connectivity index (χ3v) is 1.65. The molecule has 0 amide bonds. The van der Waals surface area contributed by atoms with Gasteiger partial charge in [-0.05, 0) is 6.92 Å². The lowest BCUT2D eigenvalue weighted by Gasteiger charge is -2.06. The number of allylic oxidation sites excluding steroid dienone is 1. The van der Waals surface area contributed by atoms with Crippen LogP contribution in [-0.4, -0.2) is 26.0 Å². The highest BCUT2D eigenvalue weighted by Gasteiger charge is 2.20. The lowest BCUT2D eigenvalue weighted by atomic mass is 10.1. The van der Waals surface area contributed by atoms with E-state index in [4.69, 9.17) is 4.74 Å². The van der Waals surface area contributed by atoms with E-state index in [0.717, 1.165) is 0 Å². The first-order valence-electron chi connectivity index (χ1n) is 3.94. The molecule has 0 radical (unpaired) electrons. The Labute approximate surface area is 77.5 Å². The SMILES string of the molecule is CCC(=O)/C(C(=O)OC)=C(/C)OC. The van der Waals surface area contributed by atoms with Gasteiger partial charge in [-0.2, -0.15) is 0 Å². The Hall–Kier alpha value is -1.32. The van der Waals surface area contributed by atoms with E-state index in [0.29, 0.717) is 5.76 Å². The van der Waals surface area contributed by atoms with Gasteiger partial charge in [0.05, 0.1) is 14.2 Å². The largest absolute Gasteiger partial charge is 0.500 e. The molecule has 0 aliphatic heterocycles. The highest BCUT2D eigenvalue weighted by atomic mass is 16.5. The van der Waals surface area contributed by atoms with Crippen LogP contribution in [0.15, 0.2) is 11.3 Å². The van der Waals surface area contributed by atoms with Crippen LogP contribution in [0.25, 0.3) is 0 Å². The molecule has 0 N–H and O–H groups in total. The number of Topliss-reactive ketones (excluding diaryl/α,β-unsaturated/α-hetero) is 1. The summed E-state index contributed by atoms with van der Waals surface area (Å²) in [7, 11) is 2.63. The van der Waals surface area contributed by atoms with Crippen molar-refractivity contribution in [2.24, 2.45) is 0 Å². The van der Waals surface area contributed by atoms with Crippen LogP contribution in [0.3, 0.4) is 0 Å². The maximum atomic E-state index is 11.3. The zero-order chi connectivity index (χ0) is 10.4.